The van der Waals surface area contributed by atoms with E-state index < -0.39 is 0 Å². The van der Waals surface area contributed by atoms with Crippen LogP contribution in [0.5, 0.6) is 0 Å². The van der Waals surface area contributed by atoms with Crippen molar-refractivity contribution >= 4 is 17.0 Å². The zero-order chi connectivity index (χ0) is 16.2. The lowest BCUT2D eigenvalue weighted by Crippen LogP contribution is -2.13. The van der Waals surface area contributed by atoms with E-state index in [9.17, 15) is 4.79 Å². The molecule has 0 spiro atoms. The summed E-state index contributed by atoms with van der Waals surface area (Å²) in [4.78, 5) is 19.0. The summed E-state index contributed by atoms with van der Waals surface area (Å²) in [7, 11) is 3.54. The highest BCUT2D eigenvalue weighted by atomic mass is 16.5. The Kier molecular flexibility index (Phi) is 4.42. The van der Waals surface area contributed by atoms with Gasteiger partial charge in [-0.15, -0.1) is 0 Å². The largest absolute Gasteiger partial charge is 0.381 e. The number of aromatic amines is 1. The first-order valence-electron chi connectivity index (χ1n) is 7.55. The second-order valence-electron chi connectivity index (χ2n) is 5.28. The topological polar surface area (TPSA) is 89.8 Å². The van der Waals surface area contributed by atoms with Crippen molar-refractivity contribution in [2.24, 2.45) is 7.05 Å². The second-order valence-corrected chi connectivity index (χ2v) is 5.28. The smallest absolute Gasteiger partial charge is 0.277 e. The normalized spacial score (nSPS) is 13.8. The third-order valence-electron chi connectivity index (χ3n) is 3.58. The van der Waals surface area contributed by atoms with E-state index in [1.807, 2.05) is 19.4 Å². The number of hydrogen-bond acceptors (Lipinski definition) is 5. The summed E-state index contributed by atoms with van der Waals surface area (Å²) in [5.74, 6) is 0.455. The molecule has 0 aromatic carbocycles. The zero-order valence-corrected chi connectivity index (χ0v) is 13.2. The number of H-pyrrole nitrogens is 1. The van der Waals surface area contributed by atoms with Gasteiger partial charge in [-0.3, -0.25) is 14.5 Å². The first-order chi connectivity index (χ1) is 11.2. The van der Waals surface area contributed by atoms with E-state index in [0.717, 1.165) is 18.9 Å². The van der Waals surface area contributed by atoms with Crippen molar-refractivity contribution in [3.8, 4) is 5.69 Å². The molecule has 0 amide bonds. The molecular formula is C15H20N6O2. The van der Waals surface area contributed by atoms with Gasteiger partial charge in [0.15, 0.2) is 0 Å². The zero-order valence-electron chi connectivity index (χ0n) is 13.2. The SMILES string of the molecule is C1CCOC1.CNc1nc2ccn(-c3cnn(C)c3)c2c(=O)[nH]1. The Balaban J connectivity index is 0.000000267. The molecule has 0 aliphatic carbocycles. The molecule has 1 aliphatic heterocycles. The van der Waals surface area contributed by atoms with Crippen LogP contribution in [0.1, 0.15) is 12.8 Å². The number of nitrogens with one attached hydrogen (secondary N) is 2. The lowest BCUT2D eigenvalue weighted by atomic mass is 10.4. The Morgan fingerprint density at radius 2 is 2.13 bits per heavy atom. The van der Waals surface area contributed by atoms with Crippen molar-refractivity contribution in [2.75, 3.05) is 25.6 Å². The van der Waals surface area contributed by atoms with Crippen LogP contribution in [-0.4, -0.2) is 44.6 Å². The minimum atomic E-state index is -0.182. The minimum absolute atomic E-state index is 0.182. The van der Waals surface area contributed by atoms with E-state index >= 15 is 0 Å². The number of rotatable bonds is 2. The molecule has 1 aliphatic rings. The molecule has 8 heteroatoms. The summed E-state index contributed by atoms with van der Waals surface area (Å²) in [6, 6.07) is 1.80. The van der Waals surface area contributed by atoms with E-state index in [1.165, 1.54) is 12.8 Å². The van der Waals surface area contributed by atoms with Gasteiger partial charge in [0, 0.05) is 39.7 Å². The van der Waals surface area contributed by atoms with Crippen LogP contribution in [0.4, 0.5) is 5.95 Å². The summed E-state index contributed by atoms with van der Waals surface area (Å²) in [6.07, 6.45) is 7.90. The van der Waals surface area contributed by atoms with Gasteiger partial charge in [-0.1, -0.05) is 0 Å². The summed E-state index contributed by atoms with van der Waals surface area (Å²) < 4.78 is 8.40. The van der Waals surface area contributed by atoms with Crippen LogP contribution < -0.4 is 10.9 Å². The first-order valence-corrected chi connectivity index (χ1v) is 7.55. The van der Waals surface area contributed by atoms with E-state index in [1.54, 1.807) is 28.6 Å². The molecule has 23 heavy (non-hydrogen) atoms. The maximum absolute atomic E-state index is 12.0. The predicted octanol–water partition coefficient (Wildman–Crippen LogP) is 1.29. The van der Waals surface area contributed by atoms with E-state index in [-0.39, 0.29) is 5.56 Å². The van der Waals surface area contributed by atoms with Crippen LogP contribution in [0.15, 0.2) is 29.5 Å². The monoisotopic (exact) mass is 316 g/mol. The van der Waals surface area contributed by atoms with Crippen molar-refractivity contribution in [2.45, 2.75) is 12.8 Å². The van der Waals surface area contributed by atoms with Gasteiger partial charge >= 0.3 is 0 Å². The van der Waals surface area contributed by atoms with Crippen molar-refractivity contribution < 1.29 is 4.74 Å². The van der Waals surface area contributed by atoms with Crippen LogP contribution in [0.25, 0.3) is 16.7 Å². The third kappa shape index (κ3) is 3.26. The van der Waals surface area contributed by atoms with Gasteiger partial charge in [0.1, 0.15) is 5.52 Å². The highest BCUT2D eigenvalue weighted by Crippen LogP contribution is 2.15. The Labute approximate surface area is 133 Å². The van der Waals surface area contributed by atoms with Gasteiger partial charge in [0.2, 0.25) is 5.95 Å². The maximum atomic E-state index is 12.0. The average molecular weight is 316 g/mol. The molecule has 0 unspecified atom stereocenters. The molecule has 3 aromatic heterocycles. The van der Waals surface area contributed by atoms with Crippen molar-refractivity contribution in [3.05, 3.63) is 35.0 Å². The molecule has 4 heterocycles. The molecular weight excluding hydrogens is 296 g/mol. The minimum Gasteiger partial charge on any atom is -0.381 e. The number of ether oxygens (including phenoxy) is 1. The number of hydrogen-bond donors (Lipinski definition) is 2. The fourth-order valence-corrected chi connectivity index (χ4v) is 2.43. The van der Waals surface area contributed by atoms with Crippen molar-refractivity contribution in [3.63, 3.8) is 0 Å². The number of anilines is 1. The van der Waals surface area contributed by atoms with Crippen LogP contribution in [0.2, 0.25) is 0 Å². The van der Waals surface area contributed by atoms with Gasteiger partial charge in [0.25, 0.3) is 5.56 Å². The van der Waals surface area contributed by atoms with Gasteiger partial charge in [0.05, 0.1) is 17.4 Å². The fourth-order valence-electron chi connectivity index (χ4n) is 2.43. The number of aryl methyl sites for hydroxylation is 1. The Bertz CT molecular complexity index is 836. The number of nitrogens with zero attached hydrogens (tertiary/aromatic N) is 4. The van der Waals surface area contributed by atoms with Crippen LogP contribution >= 0.6 is 0 Å². The van der Waals surface area contributed by atoms with E-state index in [4.69, 9.17) is 4.74 Å². The molecule has 1 saturated heterocycles. The molecule has 0 radical (unpaired) electrons. The third-order valence-corrected chi connectivity index (χ3v) is 3.58. The highest BCUT2D eigenvalue weighted by Gasteiger charge is 2.10. The molecule has 0 atom stereocenters. The van der Waals surface area contributed by atoms with E-state index in [0.29, 0.717) is 17.0 Å². The molecule has 0 saturated carbocycles. The Morgan fingerprint density at radius 1 is 1.35 bits per heavy atom. The molecule has 8 nitrogen and oxygen atoms in total. The maximum Gasteiger partial charge on any atom is 0.277 e. The molecule has 2 N–H and O–H groups in total. The van der Waals surface area contributed by atoms with E-state index in [2.05, 4.69) is 20.4 Å². The predicted molar refractivity (Wildman–Crippen MR) is 88.1 cm³/mol. The number of aromatic nitrogens is 5. The van der Waals surface area contributed by atoms with Gasteiger partial charge < -0.3 is 14.6 Å². The summed E-state index contributed by atoms with van der Waals surface area (Å²) in [6.45, 7) is 2.00. The van der Waals surface area contributed by atoms with Crippen LogP contribution in [0, 0.1) is 0 Å². The van der Waals surface area contributed by atoms with Gasteiger partial charge in [-0.05, 0) is 18.9 Å². The first kappa shape index (κ1) is 15.3. The Morgan fingerprint density at radius 3 is 2.70 bits per heavy atom. The van der Waals surface area contributed by atoms with Crippen LogP contribution in [-0.2, 0) is 11.8 Å². The quantitative estimate of drug-likeness (QED) is 0.743. The molecule has 3 aromatic rings. The molecule has 0 bridgehead atoms. The van der Waals surface area contributed by atoms with Crippen molar-refractivity contribution in [1.29, 1.82) is 0 Å². The highest BCUT2D eigenvalue weighted by molar-refractivity contribution is 5.77. The number of fused-ring (bicyclic) bond motifs is 1. The summed E-state index contributed by atoms with van der Waals surface area (Å²) in [5.41, 5.74) is 1.81. The summed E-state index contributed by atoms with van der Waals surface area (Å²) in [5, 5.41) is 6.91. The second kappa shape index (κ2) is 6.66. The van der Waals surface area contributed by atoms with Crippen molar-refractivity contribution in [1.82, 2.24) is 24.3 Å². The lowest BCUT2D eigenvalue weighted by Gasteiger charge is -2.02. The molecule has 4 rings (SSSR count). The average Bonchev–Trinajstić information content (AvgIpc) is 3.28. The van der Waals surface area contributed by atoms with Gasteiger partial charge in [-0.2, -0.15) is 5.10 Å². The Hall–Kier alpha value is -2.61. The summed E-state index contributed by atoms with van der Waals surface area (Å²) >= 11 is 0. The molecule has 122 valence electrons. The standard InChI is InChI=1S/C11H12N6O.C4H8O/c1-12-11-14-8-3-4-17(9(8)10(18)15-11)7-5-13-16(2)6-7;1-2-4-5-3-1/h3-6H,1-2H3,(H2,12,14,15,18);1-4H2. The van der Waals surface area contributed by atoms with Crippen LogP contribution in [0.3, 0.4) is 0 Å². The molecule has 1 fully saturated rings. The van der Waals surface area contributed by atoms with Gasteiger partial charge in [-0.25, -0.2) is 4.98 Å². The lowest BCUT2D eigenvalue weighted by molar-refractivity contribution is 0.198. The fraction of sp³-hybridized carbons (Fsp3) is 0.400.